The molecule has 9 heteroatoms. The molecule has 0 radical (unpaired) electrons. The van der Waals surface area contributed by atoms with E-state index in [0.29, 0.717) is 6.61 Å². The van der Waals surface area contributed by atoms with E-state index in [1.807, 2.05) is 0 Å². The minimum atomic E-state index is -1.56. The van der Waals surface area contributed by atoms with Crippen molar-refractivity contribution in [1.29, 1.82) is 0 Å². The van der Waals surface area contributed by atoms with Crippen molar-refractivity contribution in [3.05, 3.63) is 97.2 Å². The average molecular weight is 813 g/mol. The van der Waals surface area contributed by atoms with Crippen molar-refractivity contribution in [2.24, 2.45) is 0 Å². The maximum Gasteiger partial charge on any atom is 0.306 e. The fraction of sp³-hybridized carbons (Fsp3) is 0.653. The number of aliphatic hydroxyl groups is 4. The number of ether oxygens (including phenoxy) is 4. The number of allylic oxidation sites excluding steroid dienone is 16. The number of hydrogen-bond donors (Lipinski definition) is 4. The van der Waals surface area contributed by atoms with Crippen molar-refractivity contribution in [3.8, 4) is 0 Å². The number of unbranched alkanes of at least 4 members (excludes halogenated alkanes) is 9. The first-order valence-electron chi connectivity index (χ1n) is 22.3. The van der Waals surface area contributed by atoms with Gasteiger partial charge in [0.1, 0.15) is 30.5 Å². The minimum Gasteiger partial charge on any atom is -0.457 e. The molecule has 9 nitrogen and oxygen atoms in total. The SMILES string of the molecule is CC/C=C\C/C=C\C/C=C\C/C=C\C/C=C\C/C=C\CCCOCC(COC1OC(CO)C(O)C(O)C1O)OC(=O)CCCCCCC/C=C\C/C=C\CCCCC. The summed E-state index contributed by atoms with van der Waals surface area (Å²) in [5.41, 5.74) is 0. The highest BCUT2D eigenvalue weighted by atomic mass is 16.7. The molecule has 58 heavy (non-hydrogen) atoms. The lowest BCUT2D eigenvalue weighted by molar-refractivity contribution is -0.305. The molecule has 1 fully saturated rings. The minimum absolute atomic E-state index is 0.0923. The Morgan fingerprint density at radius 3 is 1.59 bits per heavy atom. The van der Waals surface area contributed by atoms with E-state index in [0.717, 1.165) is 96.3 Å². The van der Waals surface area contributed by atoms with Gasteiger partial charge in [0.15, 0.2) is 6.29 Å². The highest BCUT2D eigenvalue weighted by molar-refractivity contribution is 5.69. The number of esters is 1. The van der Waals surface area contributed by atoms with Gasteiger partial charge in [0, 0.05) is 13.0 Å². The molecule has 6 unspecified atom stereocenters. The summed E-state index contributed by atoms with van der Waals surface area (Å²) in [4.78, 5) is 12.8. The lowest BCUT2D eigenvalue weighted by atomic mass is 9.99. The second-order valence-electron chi connectivity index (χ2n) is 14.8. The maximum atomic E-state index is 12.8. The highest BCUT2D eigenvalue weighted by Crippen LogP contribution is 2.22. The van der Waals surface area contributed by atoms with E-state index < -0.39 is 43.4 Å². The third-order valence-electron chi connectivity index (χ3n) is 9.48. The Hall–Kier alpha value is -2.89. The van der Waals surface area contributed by atoms with Gasteiger partial charge in [-0.05, 0) is 89.9 Å². The molecule has 1 aliphatic rings. The smallest absolute Gasteiger partial charge is 0.306 e. The van der Waals surface area contributed by atoms with Gasteiger partial charge in [-0.3, -0.25) is 4.79 Å². The number of carbonyl (C=O) groups excluding carboxylic acids is 1. The van der Waals surface area contributed by atoms with Gasteiger partial charge in [-0.25, -0.2) is 0 Å². The normalized spacial score (nSPS) is 21.2. The van der Waals surface area contributed by atoms with Crippen molar-refractivity contribution >= 4 is 5.97 Å². The number of carbonyl (C=O) groups is 1. The van der Waals surface area contributed by atoms with Crippen LogP contribution in [0.25, 0.3) is 0 Å². The van der Waals surface area contributed by atoms with Crippen LogP contribution in [0.1, 0.15) is 142 Å². The van der Waals surface area contributed by atoms with Crippen LogP contribution in [-0.4, -0.2) is 89.6 Å². The first-order chi connectivity index (χ1) is 28.4. The molecule has 0 saturated carbocycles. The van der Waals surface area contributed by atoms with Crippen molar-refractivity contribution in [1.82, 2.24) is 0 Å². The standard InChI is InChI=1S/C49H80O9/c1-3-5-7-9-11-13-15-17-19-20-21-22-23-25-27-29-31-33-35-37-39-55-41-43(42-56-49-48(54)47(53)46(52)44(40-50)58-49)57-45(51)38-36-34-32-30-28-26-24-18-16-14-12-10-8-6-4-2/h5,7,11-14,17-19,21-22,24-25,27,31,33,43-44,46-50,52-54H,3-4,6,8-10,15-16,20,23,26,28-30,32,34-42H2,1-2H3/b7-5-,13-11-,14-12-,19-17-,22-21-,24-18-,27-25-,33-31-. The summed E-state index contributed by atoms with van der Waals surface area (Å²) in [5.74, 6) is -0.352. The molecule has 0 bridgehead atoms. The quantitative estimate of drug-likeness (QED) is 0.0277. The molecule has 0 amide bonds. The van der Waals surface area contributed by atoms with E-state index in [2.05, 4.69) is 111 Å². The molecule has 1 heterocycles. The summed E-state index contributed by atoms with van der Waals surface area (Å²) < 4.78 is 22.7. The average Bonchev–Trinajstić information content (AvgIpc) is 3.22. The Morgan fingerprint density at radius 1 is 0.569 bits per heavy atom. The van der Waals surface area contributed by atoms with Gasteiger partial charge in [-0.15, -0.1) is 0 Å². The summed E-state index contributed by atoms with van der Waals surface area (Å²) in [6.07, 6.45) is 47.2. The van der Waals surface area contributed by atoms with Gasteiger partial charge in [0.25, 0.3) is 0 Å². The second kappa shape index (κ2) is 39.6. The van der Waals surface area contributed by atoms with Gasteiger partial charge < -0.3 is 39.4 Å². The van der Waals surface area contributed by atoms with Gasteiger partial charge in [-0.2, -0.15) is 0 Å². The first kappa shape index (κ1) is 53.1. The van der Waals surface area contributed by atoms with Gasteiger partial charge >= 0.3 is 5.97 Å². The van der Waals surface area contributed by atoms with Crippen LogP contribution in [0.2, 0.25) is 0 Å². The van der Waals surface area contributed by atoms with E-state index in [9.17, 15) is 25.2 Å². The Morgan fingerprint density at radius 2 is 1.05 bits per heavy atom. The summed E-state index contributed by atoms with van der Waals surface area (Å²) in [5, 5.41) is 40.1. The van der Waals surface area contributed by atoms with Gasteiger partial charge in [0.2, 0.25) is 0 Å². The van der Waals surface area contributed by atoms with Crippen LogP contribution >= 0.6 is 0 Å². The predicted octanol–water partition coefficient (Wildman–Crippen LogP) is 10.0. The molecule has 0 aromatic heterocycles. The van der Waals surface area contributed by atoms with Crippen molar-refractivity contribution in [2.45, 2.75) is 179 Å². The summed E-state index contributed by atoms with van der Waals surface area (Å²) >= 11 is 0. The van der Waals surface area contributed by atoms with E-state index in [1.54, 1.807) is 0 Å². The topological polar surface area (TPSA) is 135 Å². The Labute approximate surface area is 352 Å². The zero-order chi connectivity index (χ0) is 42.2. The maximum absolute atomic E-state index is 12.8. The van der Waals surface area contributed by atoms with Crippen molar-refractivity contribution in [3.63, 3.8) is 0 Å². The van der Waals surface area contributed by atoms with Crippen LogP contribution in [0.3, 0.4) is 0 Å². The van der Waals surface area contributed by atoms with E-state index in [-0.39, 0.29) is 25.6 Å². The van der Waals surface area contributed by atoms with Crippen LogP contribution in [0.5, 0.6) is 0 Å². The Kier molecular flexibility index (Phi) is 36.2. The zero-order valence-corrected chi connectivity index (χ0v) is 36.0. The molecule has 0 aliphatic carbocycles. The highest BCUT2D eigenvalue weighted by Gasteiger charge is 2.44. The molecule has 1 aliphatic heterocycles. The van der Waals surface area contributed by atoms with Gasteiger partial charge in [-0.1, -0.05) is 143 Å². The number of hydrogen-bond acceptors (Lipinski definition) is 9. The summed E-state index contributed by atoms with van der Waals surface area (Å²) in [7, 11) is 0. The van der Waals surface area contributed by atoms with Crippen LogP contribution in [0.15, 0.2) is 97.2 Å². The molecule has 0 aromatic rings. The van der Waals surface area contributed by atoms with Gasteiger partial charge in [0.05, 0.1) is 19.8 Å². The first-order valence-corrected chi connectivity index (χ1v) is 22.3. The Balaban J connectivity index is 2.35. The lowest BCUT2D eigenvalue weighted by Gasteiger charge is -2.39. The monoisotopic (exact) mass is 813 g/mol. The van der Waals surface area contributed by atoms with Crippen LogP contribution in [0.4, 0.5) is 0 Å². The fourth-order valence-electron chi connectivity index (χ4n) is 6.01. The molecular formula is C49H80O9. The molecule has 0 aromatic carbocycles. The van der Waals surface area contributed by atoms with E-state index in [1.165, 1.54) is 25.7 Å². The summed E-state index contributed by atoms with van der Waals surface area (Å²) in [6, 6.07) is 0. The molecule has 0 spiro atoms. The zero-order valence-electron chi connectivity index (χ0n) is 36.0. The van der Waals surface area contributed by atoms with Crippen LogP contribution in [-0.2, 0) is 23.7 Å². The molecular weight excluding hydrogens is 733 g/mol. The fourth-order valence-corrected chi connectivity index (χ4v) is 6.01. The third-order valence-corrected chi connectivity index (χ3v) is 9.48. The van der Waals surface area contributed by atoms with Crippen molar-refractivity contribution in [2.75, 3.05) is 26.4 Å². The van der Waals surface area contributed by atoms with Crippen molar-refractivity contribution < 1.29 is 44.2 Å². The third kappa shape index (κ3) is 30.2. The van der Waals surface area contributed by atoms with Crippen LogP contribution in [0, 0.1) is 0 Å². The number of aliphatic hydroxyl groups excluding tert-OH is 4. The van der Waals surface area contributed by atoms with E-state index in [4.69, 9.17) is 18.9 Å². The summed E-state index contributed by atoms with van der Waals surface area (Å²) in [6.45, 7) is 4.22. The number of rotatable bonds is 36. The molecule has 1 saturated heterocycles. The largest absolute Gasteiger partial charge is 0.457 e. The molecule has 1 rings (SSSR count). The van der Waals surface area contributed by atoms with Crippen LogP contribution < -0.4 is 0 Å². The van der Waals surface area contributed by atoms with E-state index >= 15 is 0 Å². The second-order valence-corrected chi connectivity index (χ2v) is 14.8. The predicted molar refractivity (Wildman–Crippen MR) is 237 cm³/mol. The lowest BCUT2D eigenvalue weighted by Crippen LogP contribution is -2.59. The molecule has 4 N–H and O–H groups in total. The molecule has 6 atom stereocenters. The molecule has 330 valence electrons. The Bertz CT molecular complexity index is 1200.